The Morgan fingerprint density at radius 1 is 1.08 bits per heavy atom. The molecule has 0 unspecified atom stereocenters. The molecule has 8 heteroatoms. The van der Waals surface area contributed by atoms with Crippen LogP contribution >= 0.6 is 15.9 Å². The lowest BCUT2D eigenvalue weighted by atomic mass is 10.3. The van der Waals surface area contributed by atoms with Crippen LogP contribution in [0.15, 0.2) is 57.9 Å². The highest BCUT2D eigenvalue weighted by atomic mass is 79.9. The molecule has 0 N–H and O–H groups in total. The van der Waals surface area contributed by atoms with E-state index < -0.39 is 22.5 Å². The second kappa shape index (κ2) is 8.35. The van der Waals surface area contributed by atoms with Crippen LogP contribution < -0.4 is 9.04 Å². The third-order valence-corrected chi connectivity index (χ3v) is 5.65. The first-order valence-corrected chi connectivity index (χ1v) is 9.69. The van der Waals surface area contributed by atoms with Gasteiger partial charge in [-0.3, -0.25) is 9.10 Å². The van der Waals surface area contributed by atoms with Crippen molar-refractivity contribution in [3.8, 4) is 5.75 Å². The number of hydrogen-bond acceptors (Lipinski definition) is 5. The van der Waals surface area contributed by atoms with Crippen LogP contribution in [0.4, 0.5) is 5.69 Å². The first-order valence-electron chi connectivity index (χ1n) is 7.46. The van der Waals surface area contributed by atoms with Gasteiger partial charge in [-0.15, -0.1) is 0 Å². The zero-order chi connectivity index (χ0) is 18.4. The van der Waals surface area contributed by atoms with Crippen molar-refractivity contribution < 1.29 is 22.7 Å². The molecule has 134 valence electrons. The molecule has 0 aliphatic rings. The third-order valence-electron chi connectivity index (χ3n) is 3.34. The SMILES string of the molecule is CCOc1ccc(N(CC(=O)OC)S(=O)(=O)c2ccc(Br)cc2)cc1. The summed E-state index contributed by atoms with van der Waals surface area (Å²) in [5.74, 6) is -0.0418. The van der Waals surface area contributed by atoms with Crippen LogP contribution in [0, 0.1) is 0 Å². The summed E-state index contributed by atoms with van der Waals surface area (Å²) in [7, 11) is -2.72. The van der Waals surface area contributed by atoms with E-state index in [1.54, 1.807) is 36.4 Å². The molecule has 2 rings (SSSR count). The highest BCUT2D eigenvalue weighted by Crippen LogP contribution is 2.26. The molecule has 0 aliphatic carbocycles. The van der Waals surface area contributed by atoms with Crippen LogP contribution in [-0.2, 0) is 19.6 Å². The number of sulfonamides is 1. The van der Waals surface area contributed by atoms with E-state index in [2.05, 4.69) is 20.7 Å². The summed E-state index contributed by atoms with van der Waals surface area (Å²) >= 11 is 3.27. The quantitative estimate of drug-likeness (QED) is 0.634. The van der Waals surface area contributed by atoms with Gasteiger partial charge in [0.1, 0.15) is 12.3 Å². The highest BCUT2D eigenvalue weighted by Gasteiger charge is 2.27. The monoisotopic (exact) mass is 427 g/mol. The summed E-state index contributed by atoms with van der Waals surface area (Å²) in [6.45, 7) is 1.93. The lowest BCUT2D eigenvalue weighted by Gasteiger charge is -2.23. The van der Waals surface area contributed by atoms with E-state index in [1.165, 1.54) is 19.2 Å². The lowest BCUT2D eigenvalue weighted by Crippen LogP contribution is -2.36. The average molecular weight is 428 g/mol. The van der Waals surface area contributed by atoms with Gasteiger partial charge in [-0.05, 0) is 55.5 Å². The van der Waals surface area contributed by atoms with E-state index in [-0.39, 0.29) is 4.90 Å². The standard InChI is InChI=1S/C17H18BrNO5S/c1-3-24-15-8-6-14(7-9-15)19(12-17(20)23-2)25(21,22)16-10-4-13(18)5-11-16/h4-11H,3,12H2,1-2H3. The predicted molar refractivity (Wildman–Crippen MR) is 98.3 cm³/mol. The summed E-state index contributed by atoms with van der Waals surface area (Å²) in [5, 5.41) is 0. The Morgan fingerprint density at radius 3 is 2.20 bits per heavy atom. The molecular formula is C17H18BrNO5S. The number of hydrogen-bond donors (Lipinski definition) is 0. The second-order valence-corrected chi connectivity index (χ2v) is 7.75. The molecule has 2 aromatic rings. The minimum absolute atomic E-state index is 0.0773. The fourth-order valence-electron chi connectivity index (χ4n) is 2.11. The summed E-state index contributed by atoms with van der Waals surface area (Å²) < 4.78 is 37.7. The lowest BCUT2D eigenvalue weighted by molar-refractivity contribution is -0.138. The van der Waals surface area contributed by atoms with E-state index in [0.29, 0.717) is 18.0 Å². The molecule has 0 saturated heterocycles. The molecule has 0 atom stereocenters. The van der Waals surface area contributed by atoms with E-state index >= 15 is 0 Å². The third kappa shape index (κ3) is 4.73. The van der Waals surface area contributed by atoms with E-state index in [9.17, 15) is 13.2 Å². The minimum atomic E-state index is -3.93. The number of rotatable bonds is 7. The van der Waals surface area contributed by atoms with Gasteiger partial charge in [0.2, 0.25) is 0 Å². The second-order valence-electron chi connectivity index (χ2n) is 4.97. The van der Waals surface area contributed by atoms with Crippen molar-refractivity contribution in [2.24, 2.45) is 0 Å². The van der Waals surface area contributed by atoms with Crippen molar-refractivity contribution in [2.75, 3.05) is 24.6 Å². The summed E-state index contributed by atoms with van der Waals surface area (Å²) in [5.41, 5.74) is 0.344. The fraction of sp³-hybridized carbons (Fsp3) is 0.235. The molecule has 0 spiro atoms. The Balaban J connectivity index is 2.44. The Hall–Kier alpha value is -2.06. The van der Waals surface area contributed by atoms with Crippen molar-refractivity contribution in [1.29, 1.82) is 0 Å². The van der Waals surface area contributed by atoms with Crippen LogP contribution in [0.2, 0.25) is 0 Å². The molecule has 0 saturated carbocycles. The number of esters is 1. The first kappa shape index (κ1) is 19.3. The minimum Gasteiger partial charge on any atom is -0.494 e. The molecule has 25 heavy (non-hydrogen) atoms. The number of anilines is 1. The van der Waals surface area contributed by atoms with Crippen molar-refractivity contribution in [2.45, 2.75) is 11.8 Å². The van der Waals surface area contributed by atoms with Crippen LogP contribution in [-0.4, -0.2) is 34.6 Å². The highest BCUT2D eigenvalue weighted by molar-refractivity contribution is 9.10. The van der Waals surface area contributed by atoms with Gasteiger partial charge in [0.15, 0.2) is 0 Å². The smallest absolute Gasteiger partial charge is 0.326 e. The molecule has 0 fully saturated rings. The van der Waals surface area contributed by atoms with Gasteiger partial charge in [-0.25, -0.2) is 8.42 Å². The van der Waals surface area contributed by atoms with Gasteiger partial charge in [-0.1, -0.05) is 15.9 Å². The number of carbonyl (C=O) groups is 1. The topological polar surface area (TPSA) is 72.9 Å². The van der Waals surface area contributed by atoms with Crippen LogP contribution in [0.25, 0.3) is 0 Å². The summed E-state index contributed by atoms with van der Waals surface area (Å²) in [4.78, 5) is 11.8. The molecular weight excluding hydrogens is 410 g/mol. The van der Waals surface area contributed by atoms with Crippen molar-refractivity contribution in [1.82, 2.24) is 0 Å². The molecule has 6 nitrogen and oxygen atoms in total. The number of halogens is 1. The zero-order valence-electron chi connectivity index (χ0n) is 13.8. The summed E-state index contributed by atoms with van der Waals surface area (Å²) in [6.07, 6.45) is 0. The number of carbonyl (C=O) groups excluding carboxylic acids is 1. The van der Waals surface area contributed by atoms with Gasteiger partial charge in [-0.2, -0.15) is 0 Å². The molecule has 0 aliphatic heterocycles. The maximum atomic E-state index is 13.0. The normalized spacial score (nSPS) is 11.0. The fourth-order valence-corrected chi connectivity index (χ4v) is 3.78. The van der Waals surface area contributed by atoms with Crippen LogP contribution in [0.1, 0.15) is 6.92 Å². The van der Waals surface area contributed by atoms with Gasteiger partial charge in [0.05, 0.1) is 24.3 Å². The Kier molecular flexibility index (Phi) is 6.44. The Bertz CT molecular complexity index is 819. The van der Waals surface area contributed by atoms with Crippen molar-refractivity contribution >= 4 is 37.6 Å². The van der Waals surface area contributed by atoms with Gasteiger partial charge in [0.25, 0.3) is 10.0 Å². The van der Waals surface area contributed by atoms with Gasteiger partial charge >= 0.3 is 5.97 Å². The van der Waals surface area contributed by atoms with Gasteiger partial charge < -0.3 is 9.47 Å². The number of methoxy groups -OCH3 is 1. The van der Waals surface area contributed by atoms with E-state index in [0.717, 1.165) is 8.78 Å². The van der Waals surface area contributed by atoms with Crippen molar-refractivity contribution in [3.63, 3.8) is 0 Å². The van der Waals surface area contributed by atoms with E-state index in [4.69, 9.17) is 4.74 Å². The largest absolute Gasteiger partial charge is 0.494 e. The molecule has 0 aromatic heterocycles. The molecule has 0 radical (unpaired) electrons. The molecule has 2 aromatic carbocycles. The van der Waals surface area contributed by atoms with Crippen LogP contribution in [0.5, 0.6) is 5.75 Å². The molecule has 0 bridgehead atoms. The maximum Gasteiger partial charge on any atom is 0.326 e. The zero-order valence-corrected chi connectivity index (χ0v) is 16.2. The van der Waals surface area contributed by atoms with E-state index in [1.807, 2.05) is 6.92 Å². The average Bonchev–Trinajstić information content (AvgIpc) is 2.61. The van der Waals surface area contributed by atoms with Crippen molar-refractivity contribution in [3.05, 3.63) is 53.0 Å². The molecule has 0 amide bonds. The van der Waals surface area contributed by atoms with Crippen LogP contribution in [0.3, 0.4) is 0 Å². The van der Waals surface area contributed by atoms with Gasteiger partial charge in [0, 0.05) is 4.47 Å². The predicted octanol–water partition coefficient (Wildman–Crippen LogP) is 3.22. The number of ether oxygens (including phenoxy) is 2. The molecule has 0 heterocycles. The maximum absolute atomic E-state index is 13.0. The first-order chi connectivity index (χ1) is 11.9. The summed E-state index contributed by atoms with van der Waals surface area (Å²) in [6, 6.07) is 12.7. The Labute approximate surface area is 155 Å². The number of nitrogens with zero attached hydrogens (tertiary/aromatic N) is 1. The Morgan fingerprint density at radius 2 is 1.68 bits per heavy atom. The number of benzene rings is 2.